The van der Waals surface area contributed by atoms with Crippen LogP contribution in [0, 0.1) is 10.8 Å². The van der Waals surface area contributed by atoms with Crippen molar-refractivity contribution in [2.75, 3.05) is 20.7 Å². The van der Waals surface area contributed by atoms with E-state index in [0.717, 1.165) is 31.7 Å². The van der Waals surface area contributed by atoms with Crippen LogP contribution in [0.15, 0.2) is 24.3 Å². The monoisotopic (exact) mass is 277 g/mol. The topological polar surface area (TPSA) is 62.3 Å². The molecule has 1 aromatic carbocycles. The lowest BCUT2D eigenvalue weighted by molar-refractivity contribution is 0.300. The molecular weight excluding hydrogens is 250 g/mol. The molecule has 1 rings (SSSR count). The minimum atomic E-state index is -0.193. The highest BCUT2D eigenvalue weighted by Gasteiger charge is 2.20. The summed E-state index contributed by atoms with van der Waals surface area (Å²) < 4.78 is 5.15. The summed E-state index contributed by atoms with van der Waals surface area (Å²) >= 11 is 0. The summed E-state index contributed by atoms with van der Waals surface area (Å²) in [6.07, 6.45) is 1.98. The van der Waals surface area contributed by atoms with E-state index in [-0.39, 0.29) is 11.3 Å². The molecule has 4 heteroatoms. The van der Waals surface area contributed by atoms with E-state index in [1.807, 2.05) is 26.0 Å². The molecule has 0 saturated carbocycles. The lowest BCUT2D eigenvalue weighted by Crippen LogP contribution is -2.31. The van der Waals surface area contributed by atoms with E-state index in [9.17, 15) is 0 Å². The van der Waals surface area contributed by atoms with E-state index < -0.39 is 0 Å². The number of ether oxygens (including phenoxy) is 1. The molecule has 4 nitrogen and oxygen atoms in total. The molecule has 0 aliphatic rings. The van der Waals surface area contributed by atoms with Crippen LogP contribution < -0.4 is 10.5 Å². The Labute approximate surface area is 122 Å². The molecule has 0 radical (unpaired) electrons. The van der Waals surface area contributed by atoms with Crippen LogP contribution in [0.1, 0.15) is 32.3 Å². The second-order valence-electron chi connectivity index (χ2n) is 5.99. The summed E-state index contributed by atoms with van der Waals surface area (Å²) in [6, 6.07) is 8.16. The SMILES string of the molecule is COc1ccc(CN(C)CCCC(C)(C)C(=N)N)cc1. The quantitative estimate of drug-likeness (QED) is 0.567. The maximum Gasteiger partial charge on any atom is 0.118 e. The molecule has 0 aliphatic carbocycles. The van der Waals surface area contributed by atoms with E-state index in [1.54, 1.807) is 7.11 Å². The molecule has 0 spiro atoms. The Bertz CT molecular complexity index is 426. The first-order valence-electron chi connectivity index (χ1n) is 7.01. The van der Waals surface area contributed by atoms with Crippen molar-refractivity contribution in [1.82, 2.24) is 4.90 Å². The molecule has 20 heavy (non-hydrogen) atoms. The predicted octanol–water partition coefficient (Wildman–Crippen LogP) is 2.87. The zero-order chi connectivity index (χ0) is 15.2. The number of hydrogen-bond acceptors (Lipinski definition) is 3. The Morgan fingerprint density at radius 3 is 2.40 bits per heavy atom. The van der Waals surface area contributed by atoms with Crippen molar-refractivity contribution in [3.05, 3.63) is 29.8 Å². The van der Waals surface area contributed by atoms with Crippen molar-refractivity contribution in [3.8, 4) is 5.75 Å². The van der Waals surface area contributed by atoms with Gasteiger partial charge in [-0.25, -0.2) is 0 Å². The fraction of sp³-hybridized carbons (Fsp3) is 0.562. The molecule has 0 fully saturated rings. The van der Waals surface area contributed by atoms with Crippen LogP contribution in [0.2, 0.25) is 0 Å². The molecule has 0 bridgehead atoms. The van der Waals surface area contributed by atoms with Gasteiger partial charge in [0.05, 0.1) is 12.9 Å². The minimum absolute atomic E-state index is 0.193. The van der Waals surface area contributed by atoms with Gasteiger partial charge in [-0.2, -0.15) is 0 Å². The van der Waals surface area contributed by atoms with Crippen LogP contribution >= 0.6 is 0 Å². The number of nitrogens with one attached hydrogen (secondary N) is 1. The van der Waals surface area contributed by atoms with Crippen LogP contribution in [0.4, 0.5) is 0 Å². The highest BCUT2D eigenvalue weighted by atomic mass is 16.5. The maximum atomic E-state index is 7.55. The van der Waals surface area contributed by atoms with Gasteiger partial charge in [-0.15, -0.1) is 0 Å². The fourth-order valence-electron chi connectivity index (χ4n) is 2.05. The number of amidine groups is 1. The Morgan fingerprint density at radius 2 is 1.90 bits per heavy atom. The lowest BCUT2D eigenvalue weighted by Gasteiger charge is -2.24. The molecule has 0 heterocycles. The molecule has 112 valence electrons. The summed E-state index contributed by atoms with van der Waals surface area (Å²) in [6.45, 7) is 5.98. The first kappa shape index (κ1) is 16.5. The van der Waals surface area contributed by atoms with Crippen molar-refractivity contribution in [1.29, 1.82) is 5.41 Å². The van der Waals surface area contributed by atoms with Gasteiger partial charge in [-0.05, 0) is 44.1 Å². The number of nitrogens with zero attached hydrogens (tertiary/aromatic N) is 1. The van der Waals surface area contributed by atoms with E-state index in [0.29, 0.717) is 0 Å². The van der Waals surface area contributed by atoms with Crippen molar-refractivity contribution in [2.24, 2.45) is 11.1 Å². The average molecular weight is 277 g/mol. The predicted molar refractivity (Wildman–Crippen MR) is 84.3 cm³/mol. The molecule has 0 aliphatic heterocycles. The zero-order valence-electron chi connectivity index (χ0n) is 13.1. The van der Waals surface area contributed by atoms with E-state index in [1.165, 1.54) is 5.56 Å². The number of hydrogen-bond donors (Lipinski definition) is 2. The summed E-state index contributed by atoms with van der Waals surface area (Å²) in [5.41, 5.74) is 6.68. The molecule has 0 saturated heterocycles. The third-order valence-electron chi connectivity index (χ3n) is 3.68. The van der Waals surface area contributed by atoms with Gasteiger partial charge in [0.2, 0.25) is 0 Å². The van der Waals surface area contributed by atoms with Crippen LogP contribution in [0.25, 0.3) is 0 Å². The van der Waals surface area contributed by atoms with Gasteiger partial charge in [0.15, 0.2) is 0 Å². The minimum Gasteiger partial charge on any atom is -0.497 e. The van der Waals surface area contributed by atoms with Crippen LogP contribution in [0.5, 0.6) is 5.75 Å². The molecule has 0 amide bonds. The largest absolute Gasteiger partial charge is 0.497 e. The van der Waals surface area contributed by atoms with Crippen molar-refractivity contribution < 1.29 is 4.74 Å². The molecule has 0 unspecified atom stereocenters. The Morgan fingerprint density at radius 1 is 1.30 bits per heavy atom. The molecule has 1 aromatic rings. The Hall–Kier alpha value is -1.55. The Kier molecular flexibility index (Phi) is 6.02. The van der Waals surface area contributed by atoms with Gasteiger partial charge in [0.25, 0.3) is 0 Å². The van der Waals surface area contributed by atoms with Crippen molar-refractivity contribution >= 4 is 5.84 Å². The van der Waals surface area contributed by atoms with Gasteiger partial charge >= 0.3 is 0 Å². The van der Waals surface area contributed by atoms with Crippen LogP contribution in [-0.4, -0.2) is 31.4 Å². The summed E-state index contributed by atoms with van der Waals surface area (Å²) in [7, 11) is 3.79. The summed E-state index contributed by atoms with van der Waals surface area (Å²) in [5.74, 6) is 1.16. The van der Waals surface area contributed by atoms with E-state index >= 15 is 0 Å². The van der Waals surface area contributed by atoms with Crippen molar-refractivity contribution in [2.45, 2.75) is 33.2 Å². The summed E-state index contributed by atoms with van der Waals surface area (Å²) in [5, 5.41) is 7.55. The van der Waals surface area contributed by atoms with Gasteiger partial charge in [-0.1, -0.05) is 26.0 Å². The van der Waals surface area contributed by atoms with E-state index in [4.69, 9.17) is 15.9 Å². The number of benzene rings is 1. The maximum absolute atomic E-state index is 7.55. The normalized spacial score (nSPS) is 11.7. The smallest absolute Gasteiger partial charge is 0.118 e. The molecule has 3 N–H and O–H groups in total. The number of methoxy groups -OCH3 is 1. The first-order valence-corrected chi connectivity index (χ1v) is 7.01. The number of rotatable bonds is 8. The van der Waals surface area contributed by atoms with E-state index in [2.05, 4.69) is 24.1 Å². The fourth-order valence-corrected chi connectivity index (χ4v) is 2.05. The standard InChI is InChI=1S/C16H27N3O/c1-16(2,15(17)18)10-5-11-19(3)12-13-6-8-14(20-4)9-7-13/h6-9H,5,10-12H2,1-4H3,(H3,17,18). The Balaban J connectivity index is 2.36. The van der Waals surface area contributed by atoms with Gasteiger partial charge < -0.3 is 15.4 Å². The van der Waals surface area contributed by atoms with Gasteiger partial charge in [-0.3, -0.25) is 5.41 Å². The molecule has 0 atom stereocenters. The highest BCUT2D eigenvalue weighted by Crippen LogP contribution is 2.22. The van der Waals surface area contributed by atoms with Crippen LogP contribution in [0.3, 0.4) is 0 Å². The zero-order valence-corrected chi connectivity index (χ0v) is 13.1. The average Bonchev–Trinajstić information content (AvgIpc) is 2.39. The van der Waals surface area contributed by atoms with Crippen molar-refractivity contribution in [3.63, 3.8) is 0 Å². The van der Waals surface area contributed by atoms with Gasteiger partial charge in [0.1, 0.15) is 5.75 Å². The summed E-state index contributed by atoms with van der Waals surface area (Å²) in [4.78, 5) is 2.29. The van der Waals surface area contributed by atoms with Crippen LogP contribution in [-0.2, 0) is 6.54 Å². The highest BCUT2D eigenvalue weighted by molar-refractivity contribution is 5.82. The molecule has 0 aromatic heterocycles. The first-order chi connectivity index (χ1) is 9.35. The third-order valence-corrected chi connectivity index (χ3v) is 3.68. The number of nitrogens with two attached hydrogens (primary N) is 1. The van der Waals surface area contributed by atoms with Gasteiger partial charge in [0, 0.05) is 12.0 Å². The molecular formula is C16H27N3O. The lowest BCUT2D eigenvalue weighted by atomic mass is 9.86. The second-order valence-corrected chi connectivity index (χ2v) is 5.99. The third kappa shape index (κ3) is 5.21. The second kappa shape index (κ2) is 7.29.